The molecule has 0 aromatic carbocycles. The van der Waals surface area contributed by atoms with Crippen LogP contribution in [0, 0.1) is 0 Å². The average Bonchev–Trinajstić information content (AvgIpc) is 2.98. The van der Waals surface area contributed by atoms with E-state index in [9.17, 15) is 4.79 Å². The van der Waals surface area contributed by atoms with Gasteiger partial charge in [0.2, 0.25) is 5.13 Å². The minimum atomic E-state index is -0.255. The van der Waals surface area contributed by atoms with Crippen molar-refractivity contribution in [2.45, 2.75) is 51.7 Å². The Hall–Kier alpha value is -1.21. The Labute approximate surface area is 116 Å². The first kappa shape index (κ1) is 14.2. The summed E-state index contributed by atoms with van der Waals surface area (Å²) in [5.41, 5.74) is 0. The Bertz CT molecular complexity index is 429. The quantitative estimate of drug-likeness (QED) is 0.890. The number of nitrogens with one attached hydrogen (secondary N) is 2. The molecule has 0 aliphatic carbocycles. The lowest BCUT2D eigenvalue weighted by Crippen LogP contribution is -2.42. The summed E-state index contributed by atoms with van der Waals surface area (Å²) in [5, 5.41) is 15.0. The van der Waals surface area contributed by atoms with Gasteiger partial charge in [-0.3, -0.25) is 5.32 Å². The van der Waals surface area contributed by atoms with Crippen molar-refractivity contribution in [3.05, 3.63) is 5.01 Å². The fourth-order valence-electron chi connectivity index (χ4n) is 1.95. The van der Waals surface area contributed by atoms with Gasteiger partial charge in [-0.1, -0.05) is 25.2 Å². The van der Waals surface area contributed by atoms with E-state index in [1.54, 1.807) is 0 Å². The number of urea groups is 1. The third-order valence-corrected chi connectivity index (χ3v) is 4.18. The number of hydrogen-bond acceptors (Lipinski definition) is 5. The number of aromatic nitrogens is 2. The number of carbonyl (C=O) groups is 1. The molecule has 1 aromatic rings. The fraction of sp³-hybridized carbons (Fsp3) is 0.750. The van der Waals surface area contributed by atoms with Crippen LogP contribution in [0.25, 0.3) is 0 Å². The largest absolute Gasteiger partial charge is 0.376 e. The molecule has 6 nitrogen and oxygen atoms in total. The van der Waals surface area contributed by atoms with Crippen LogP contribution in [0.1, 0.15) is 44.5 Å². The molecule has 106 valence electrons. The van der Waals surface area contributed by atoms with Crippen LogP contribution in [0.2, 0.25) is 0 Å². The van der Waals surface area contributed by atoms with E-state index in [-0.39, 0.29) is 18.2 Å². The zero-order chi connectivity index (χ0) is 13.8. The summed E-state index contributed by atoms with van der Waals surface area (Å²) < 4.78 is 5.53. The van der Waals surface area contributed by atoms with E-state index in [0.717, 1.165) is 24.5 Å². The van der Waals surface area contributed by atoms with Crippen molar-refractivity contribution >= 4 is 22.5 Å². The molecule has 2 N–H and O–H groups in total. The van der Waals surface area contributed by atoms with E-state index >= 15 is 0 Å². The van der Waals surface area contributed by atoms with Crippen molar-refractivity contribution < 1.29 is 9.53 Å². The molecule has 0 unspecified atom stereocenters. The number of nitrogens with zero attached hydrogens (tertiary/aromatic N) is 2. The van der Waals surface area contributed by atoms with Gasteiger partial charge in [-0.2, -0.15) is 0 Å². The highest BCUT2D eigenvalue weighted by Crippen LogP contribution is 2.22. The van der Waals surface area contributed by atoms with E-state index in [4.69, 9.17) is 4.74 Å². The molecule has 1 fully saturated rings. The van der Waals surface area contributed by atoms with Gasteiger partial charge in [0, 0.05) is 12.5 Å². The Morgan fingerprint density at radius 2 is 2.21 bits per heavy atom. The van der Waals surface area contributed by atoms with Crippen molar-refractivity contribution in [1.29, 1.82) is 0 Å². The predicted molar refractivity (Wildman–Crippen MR) is 74.6 cm³/mol. The van der Waals surface area contributed by atoms with Crippen molar-refractivity contribution in [2.75, 3.05) is 11.9 Å². The minimum Gasteiger partial charge on any atom is -0.376 e. The van der Waals surface area contributed by atoms with Crippen LogP contribution in [0.4, 0.5) is 9.93 Å². The number of carbonyl (C=O) groups excluding carboxylic acids is 1. The summed E-state index contributed by atoms with van der Waals surface area (Å²) in [6.07, 6.45) is 2.18. The van der Waals surface area contributed by atoms with Crippen LogP contribution in [-0.2, 0) is 4.74 Å². The summed E-state index contributed by atoms with van der Waals surface area (Å²) in [5.74, 6) is 0.321. The van der Waals surface area contributed by atoms with Crippen LogP contribution >= 0.6 is 11.3 Å². The molecule has 0 bridgehead atoms. The Morgan fingerprint density at radius 3 is 2.79 bits per heavy atom. The van der Waals surface area contributed by atoms with E-state index < -0.39 is 0 Å². The molecule has 1 aromatic heterocycles. The second kappa shape index (κ2) is 6.29. The monoisotopic (exact) mass is 284 g/mol. The van der Waals surface area contributed by atoms with Crippen LogP contribution in [0.5, 0.6) is 0 Å². The summed E-state index contributed by atoms with van der Waals surface area (Å²) in [4.78, 5) is 11.8. The van der Waals surface area contributed by atoms with Crippen LogP contribution < -0.4 is 10.6 Å². The van der Waals surface area contributed by atoms with Gasteiger partial charge < -0.3 is 10.1 Å². The van der Waals surface area contributed by atoms with E-state index in [1.165, 1.54) is 11.3 Å². The van der Waals surface area contributed by atoms with Crippen molar-refractivity contribution in [1.82, 2.24) is 15.5 Å². The SMILES string of the molecule is CC(C)c1nnc(NC(=O)N[C@@H](C)[C@H]2CCCO2)s1. The lowest BCUT2D eigenvalue weighted by Gasteiger charge is -2.19. The van der Waals surface area contributed by atoms with Crippen molar-refractivity contribution in [3.8, 4) is 0 Å². The second-order valence-electron chi connectivity index (χ2n) is 5.04. The summed E-state index contributed by atoms with van der Waals surface area (Å²) in [6, 6.07) is -0.255. The number of anilines is 1. The van der Waals surface area contributed by atoms with Crippen LogP contribution in [0.15, 0.2) is 0 Å². The molecule has 0 spiro atoms. The first-order valence-electron chi connectivity index (χ1n) is 6.58. The summed E-state index contributed by atoms with van der Waals surface area (Å²) in [6.45, 7) is 6.83. The summed E-state index contributed by atoms with van der Waals surface area (Å²) in [7, 11) is 0. The molecule has 2 atom stereocenters. The molecule has 1 aliphatic heterocycles. The highest BCUT2D eigenvalue weighted by atomic mass is 32.1. The van der Waals surface area contributed by atoms with Gasteiger partial charge in [0.15, 0.2) is 0 Å². The zero-order valence-corrected chi connectivity index (χ0v) is 12.3. The molecule has 2 heterocycles. The van der Waals surface area contributed by atoms with Gasteiger partial charge in [-0.25, -0.2) is 4.79 Å². The number of amides is 2. The summed E-state index contributed by atoms with van der Waals surface area (Å²) >= 11 is 1.40. The van der Waals surface area contributed by atoms with E-state index in [1.807, 2.05) is 20.8 Å². The lowest BCUT2D eigenvalue weighted by molar-refractivity contribution is 0.0868. The maximum Gasteiger partial charge on any atom is 0.321 e. The van der Waals surface area contributed by atoms with Gasteiger partial charge in [-0.15, -0.1) is 10.2 Å². The zero-order valence-electron chi connectivity index (χ0n) is 11.5. The highest BCUT2D eigenvalue weighted by Gasteiger charge is 2.23. The Kier molecular flexibility index (Phi) is 4.71. The first-order valence-corrected chi connectivity index (χ1v) is 7.40. The topological polar surface area (TPSA) is 76.1 Å². The van der Waals surface area contributed by atoms with E-state index in [0.29, 0.717) is 11.0 Å². The van der Waals surface area contributed by atoms with Gasteiger partial charge in [0.1, 0.15) is 5.01 Å². The molecule has 0 saturated carbocycles. The molecule has 0 radical (unpaired) electrons. The molecular formula is C12H20N4O2S. The van der Waals surface area contributed by atoms with Gasteiger partial charge >= 0.3 is 6.03 Å². The second-order valence-corrected chi connectivity index (χ2v) is 6.05. The predicted octanol–water partition coefficient (Wildman–Crippen LogP) is 2.35. The normalized spacial score (nSPS) is 20.5. The molecule has 1 aliphatic rings. The molecular weight excluding hydrogens is 264 g/mol. The molecule has 19 heavy (non-hydrogen) atoms. The van der Waals surface area contributed by atoms with E-state index in [2.05, 4.69) is 20.8 Å². The minimum absolute atomic E-state index is 0.00000871. The maximum atomic E-state index is 11.8. The van der Waals surface area contributed by atoms with Gasteiger partial charge in [0.05, 0.1) is 12.1 Å². The molecule has 2 amide bonds. The maximum absolute atomic E-state index is 11.8. The highest BCUT2D eigenvalue weighted by molar-refractivity contribution is 7.15. The van der Waals surface area contributed by atoms with Crippen LogP contribution in [-0.4, -0.2) is 35.0 Å². The van der Waals surface area contributed by atoms with Gasteiger partial charge in [0.25, 0.3) is 0 Å². The van der Waals surface area contributed by atoms with Crippen molar-refractivity contribution in [2.24, 2.45) is 0 Å². The fourth-order valence-corrected chi connectivity index (χ4v) is 2.69. The molecule has 2 rings (SSSR count). The van der Waals surface area contributed by atoms with Crippen LogP contribution in [0.3, 0.4) is 0 Å². The number of hydrogen-bond donors (Lipinski definition) is 2. The number of ether oxygens (including phenoxy) is 1. The molecule has 7 heteroatoms. The third-order valence-electron chi connectivity index (χ3n) is 3.04. The smallest absolute Gasteiger partial charge is 0.321 e. The number of rotatable bonds is 4. The Balaban J connectivity index is 1.82. The van der Waals surface area contributed by atoms with Gasteiger partial charge in [-0.05, 0) is 19.8 Å². The standard InChI is InChI=1S/C12H20N4O2S/c1-7(2)10-15-16-12(19-10)14-11(17)13-8(3)9-5-4-6-18-9/h7-9H,4-6H2,1-3H3,(H2,13,14,16,17)/t8-,9+/m0/s1. The Morgan fingerprint density at radius 1 is 1.42 bits per heavy atom. The molecule has 1 saturated heterocycles. The van der Waals surface area contributed by atoms with Crippen molar-refractivity contribution in [3.63, 3.8) is 0 Å². The first-order chi connectivity index (χ1) is 9.06. The lowest BCUT2D eigenvalue weighted by atomic mass is 10.1. The average molecular weight is 284 g/mol. The third kappa shape index (κ3) is 3.87.